The molecule has 0 aliphatic heterocycles. The lowest BCUT2D eigenvalue weighted by molar-refractivity contribution is 0.476. The van der Waals surface area contributed by atoms with Crippen LogP contribution in [0.5, 0.6) is 5.75 Å². The average Bonchev–Trinajstić information content (AvgIpc) is 1.99. The van der Waals surface area contributed by atoms with Crippen molar-refractivity contribution in [2.75, 3.05) is 5.43 Å². The number of halogens is 2. The first-order valence-electron chi connectivity index (χ1n) is 2.80. The van der Waals surface area contributed by atoms with E-state index < -0.39 is 0 Å². The standard InChI is InChI=1S/C6H6Cl2N2O/c7-3-1-2-4(11)5(8)6(3)10-9/h1-2,10-11H,9H2. The zero-order valence-electron chi connectivity index (χ0n) is 5.44. The molecule has 5 heteroatoms. The van der Waals surface area contributed by atoms with Crippen LogP contribution < -0.4 is 11.3 Å². The summed E-state index contributed by atoms with van der Waals surface area (Å²) in [5.41, 5.74) is 2.61. The third-order valence-corrected chi connectivity index (χ3v) is 1.91. The minimum absolute atomic E-state index is 0.0518. The number of hydrogen-bond acceptors (Lipinski definition) is 3. The maximum atomic E-state index is 9.07. The first kappa shape index (κ1) is 8.46. The summed E-state index contributed by atoms with van der Waals surface area (Å²) in [6.45, 7) is 0. The van der Waals surface area contributed by atoms with E-state index >= 15 is 0 Å². The molecule has 0 radical (unpaired) electrons. The molecule has 0 aliphatic carbocycles. The van der Waals surface area contributed by atoms with Gasteiger partial charge in [0.2, 0.25) is 0 Å². The third kappa shape index (κ3) is 1.50. The molecule has 0 aromatic heterocycles. The van der Waals surface area contributed by atoms with Crippen LogP contribution in [0.15, 0.2) is 12.1 Å². The van der Waals surface area contributed by atoms with Gasteiger partial charge in [-0.1, -0.05) is 23.2 Å². The normalized spacial score (nSPS) is 9.73. The van der Waals surface area contributed by atoms with Gasteiger partial charge in [-0.25, -0.2) is 0 Å². The molecule has 1 rings (SSSR count). The third-order valence-electron chi connectivity index (χ3n) is 1.22. The van der Waals surface area contributed by atoms with E-state index in [4.69, 9.17) is 34.2 Å². The minimum atomic E-state index is -0.0518. The summed E-state index contributed by atoms with van der Waals surface area (Å²) < 4.78 is 0. The number of hydrogen-bond donors (Lipinski definition) is 3. The number of aromatic hydroxyl groups is 1. The van der Waals surface area contributed by atoms with E-state index in [0.717, 1.165) is 0 Å². The lowest BCUT2D eigenvalue weighted by atomic mass is 10.3. The van der Waals surface area contributed by atoms with Crippen LogP contribution in [0, 0.1) is 0 Å². The molecule has 0 saturated heterocycles. The molecule has 0 unspecified atom stereocenters. The van der Waals surface area contributed by atoms with E-state index in [1.165, 1.54) is 12.1 Å². The molecular weight excluding hydrogens is 187 g/mol. The van der Waals surface area contributed by atoms with Gasteiger partial charge in [0.05, 0.1) is 10.7 Å². The molecule has 0 amide bonds. The Kier molecular flexibility index (Phi) is 2.44. The predicted octanol–water partition coefficient (Wildman–Crippen LogP) is 1.98. The zero-order chi connectivity index (χ0) is 8.43. The highest BCUT2D eigenvalue weighted by Crippen LogP contribution is 2.35. The Hall–Kier alpha value is -0.640. The fourth-order valence-corrected chi connectivity index (χ4v) is 1.15. The molecule has 11 heavy (non-hydrogen) atoms. The van der Waals surface area contributed by atoms with Gasteiger partial charge in [-0.2, -0.15) is 0 Å². The van der Waals surface area contributed by atoms with Crippen LogP contribution in [0.3, 0.4) is 0 Å². The highest BCUT2D eigenvalue weighted by Gasteiger charge is 2.07. The molecule has 0 heterocycles. The Morgan fingerprint density at radius 1 is 1.36 bits per heavy atom. The lowest BCUT2D eigenvalue weighted by Crippen LogP contribution is -2.07. The van der Waals surface area contributed by atoms with E-state index in [1.807, 2.05) is 0 Å². The Bertz CT molecular complexity index is 278. The molecule has 0 fully saturated rings. The van der Waals surface area contributed by atoms with Crippen molar-refractivity contribution in [3.05, 3.63) is 22.2 Å². The maximum Gasteiger partial charge on any atom is 0.136 e. The van der Waals surface area contributed by atoms with E-state index in [1.54, 1.807) is 0 Å². The van der Waals surface area contributed by atoms with Crippen LogP contribution in [0.2, 0.25) is 10.0 Å². The SMILES string of the molecule is NNc1c(Cl)ccc(O)c1Cl. The van der Waals surface area contributed by atoms with Gasteiger partial charge in [0.25, 0.3) is 0 Å². The Labute approximate surface area is 73.7 Å². The van der Waals surface area contributed by atoms with E-state index in [-0.39, 0.29) is 10.8 Å². The molecule has 0 bridgehead atoms. The van der Waals surface area contributed by atoms with Crippen molar-refractivity contribution in [2.45, 2.75) is 0 Å². The van der Waals surface area contributed by atoms with Crippen LogP contribution in [0.25, 0.3) is 0 Å². The van der Waals surface area contributed by atoms with Crippen molar-refractivity contribution < 1.29 is 5.11 Å². The predicted molar refractivity (Wildman–Crippen MR) is 45.9 cm³/mol. The summed E-state index contributed by atoms with van der Waals surface area (Å²) in [6, 6.07) is 2.89. The topological polar surface area (TPSA) is 58.3 Å². The first-order chi connectivity index (χ1) is 5.16. The van der Waals surface area contributed by atoms with Gasteiger partial charge in [0.15, 0.2) is 0 Å². The van der Waals surface area contributed by atoms with Crippen LogP contribution in [0.4, 0.5) is 5.69 Å². The second-order valence-electron chi connectivity index (χ2n) is 1.90. The Balaban J connectivity index is 3.29. The smallest absolute Gasteiger partial charge is 0.136 e. The molecule has 0 atom stereocenters. The van der Waals surface area contributed by atoms with Crippen molar-refractivity contribution in [2.24, 2.45) is 5.84 Å². The van der Waals surface area contributed by atoms with Crippen molar-refractivity contribution in [1.82, 2.24) is 0 Å². The molecule has 1 aromatic carbocycles. The van der Waals surface area contributed by atoms with Crippen molar-refractivity contribution in [1.29, 1.82) is 0 Å². The summed E-state index contributed by atoms with van der Waals surface area (Å²) >= 11 is 11.3. The van der Waals surface area contributed by atoms with E-state index in [0.29, 0.717) is 10.7 Å². The van der Waals surface area contributed by atoms with E-state index in [9.17, 15) is 0 Å². The summed E-state index contributed by atoms with van der Waals surface area (Å²) in [7, 11) is 0. The summed E-state index contributed by atoms with van der Waals surface area (Å²) in [5.74, 6) is 5.04. The van der Waals surface area contributed by atoms with Gasteiger partial charge in [0.1, 0.15) is 10.8 Å². The molecule has 4 N–H and O–H groups in total. The Morgan fingerprint density at radius 2 is 2.00 bits per heavy atom. The largest absolute Gasteiger partial charge is 0.506 e. The molecule has 0 spiro atoms. The van der Waals surface area contributed by atoms with Crippen molar-refractivity contribution >= 4 is 28.9 Å². The fraction of sp³-hybridized carbons (Fsp3) is 0. The molecule has 3 nitrogen and oxygen atoms in total. The zero-order valence-corrected chi connectivity index (χ0v) is 6.95. The first-order valence-corrected chi connectivity index (χ1v) is 3.56. The van der Waals surface area contributed by atoms with Gasteiger partial charge >= 0.3 is 0 Å². The van der Waals surface area contributed by atoms with Crippen LogP contribution in [-0.2, 0) is 0 Å². The number of anilines is 1. The number of hydrazine groups is 1. The number of rotatable bonds is 1. The number of benzene rings is 1. The molecular formula is C6H6Cl2N2O. The highest BCUT2D eigenvalue weighted by molar-refractivity contribution is 6.39. The number of phenols is 1. The van der Waals surface area contributed by atoms with Gasteiger partial charge in [-0.15, -0.1) is 0 Å². The summed E-state index contributed by atoms with van der Waals surface area (Å²) in [6.07, 6.45) is 0. The number of nitrogen functional groups attached to an aromatic ring is 1. The number of nitrogens with one attached hydrogen (secondary N) is 1. The Morgan fingerprint density at radius 3 is 2.45 bits per heavy atom. The van der Waals surface area contributed by atoms with E-state index in [2.05, 4.69) is 5.43 Å². The van der Waals surface area contributed by atoms with Crippen LogP contribution >= 0.6 is 23.2 Å². The molecule has 1 aromatic rings. The van der Waals surface area contributed by atoms with Gasteiger partial charge in [-0.05, 0) is 12.1 Å². The fourth-order valence-electron chi connectivity index (χ4n) is 0.674. The quantitative estimate of drug-likeness (QED) is 0.472. The monoisotopic (exact) mass is 192 g/mol. The maximum absolute atomic E-state index is 9.07. The minimum Gasteiger partial charge on any atom is -0.506 e. The number of phenolic OH excluding ortho intramolecular Hbond substituents is 1. The van der Waals surface area contributed by atoms with Crippen LogP contribution in [0.1, 0.15) is 0 Å². The lowest BCUT2D eigenvalue weighted by Gasteiger charge is -2.05. The highest BCUT2D eigenvalue weighted by atomic mass is 35.5. The van der Waals surface area contributed by atoms with Crippen molar-refractivity contribution in [3.8, 4) is 5.75 Å². The van der Waals surface area contributed by atoms with Crippen LogP contribution in [-0.4, -0.2) is 5.11 Å². The number of nitrogens with two attached hydrogens (primary N) is 1. The molecule has 0 aliphatic rings. The van der Waals surface area contributed by atoms with Gasteiger partial charge in [0, 0.05) is 0 Å². The second-order valence-corrected chi connectivity index (χ2v) is 2.68. The summed E-state index contributed by atoms with van der Waals surface area (Å²) in [5, 5.41) is 9.57. The molecule has 0 saturated carbocycles. The van der Waals surface area contributed by atoms with Gasteiger partial charge in [-0.3, -0.25) is 5.84 Å². The molecule has 60 valence electrons. The summed E-state index contributed by atoms with van der Waals surface area (Å²) in [4.78, 5) is 0. The average molecular weight is 193 g/mol. The van der Waals surface area contributed by atoms with Gasteiger partial charge < -0.3 is 10.5 Å². The second kappa shape index (κ2) is 3.17. The van der Waals surface area contributed by atoms with Crippen molar-refractivity contribution in [3.63, 3.8) is 0 Å².